The SMILES string of the molecule is NC(Cc1ccc(O)cc1)C(=O)NC(CC(=O)O)C(=O)NC(Cc1ccc(O)cc1)C(=O)NC(CS)C(=O)O. The van der Waals surface area contributed by atoms with E-state index in [2.05, 4.69) is 28.6 Å². The molecule has 0 fully saturated rings. The van der Waals surface area contributed by atoms with Crippen LogP contribution in [0.5, 0.6) is 11.5 Å². The molecule has 0 saturated carbocycles. The van der Waals surface area contributed by atoms with Crippen molar-refractivity contribution in [1.82, 2.24) is 16.0 Å². The van der Waals surface area contributed by atoms with Crippen LogP contribution in [0.25, 0.3) is 0 Å². The molecule has 14 heteroatoms. The van der Waals surface area contributed by atoms with Gasteiger partial charge < -0.3 is 42.1 Å². The highest BCUT2D eigenvalue weighted by molar-refractivity contribution is 7.80. The summed E-state index contributed by atoms with van der Waals surface area (Å²) in [5.74, 6) is -5.76. The summed E-state index contributed by atoms with van der Waals surface area (Å²) < 4.78 is 0. The van der Waals surface area contributed by atoms with E-state index in [1.807, 2.05) is 0 Å². The van der Waals surface area contributed by atoms with E-state index in [0.717, 1.165) is 0 Å². The standard InChI is InChI=1S/C25H30N4O9S/c26-17(9-13-1-5-15(30)6-2-13)22(34)27-19(11-21(32)33)24(36)28-18(10-14-3-7-16(31)8-4-14)23(35)29-20(12-39)25(37)38/h1-8,17-20,30-31,39H,9-12,26H2,(H,27,34)(H,28,36)(H,29,35)(H,32,33)(H,37,38). The molecule has 2 aromatic carbocycles. The molecule has 39 heavy (non-hydrogen) atoms. The normalized spacial score (nSPS) is 13.8. The Hall–Kier alpha value is -4.30. The maximum atomic E-state index is 13.1. The number of thiol groups is 1. The minimum atomic E-state index is -1.61. The lowest BCUT2D eigenvalue weighted by molar-refractivity contribution is -0.142. The van der Waals surface area contributed by atoms with E-state index < -0.39 is 60.2 Å². The second kappa shape index (κ2) is 14.6. The molecule has 4 unspecified atom stereocenters. The third kappa shape index (κ3) is 10.2. The van der Waals surface area contributed by atoms with Crippen LogP contribution in [-0.2, 0) is 36.8 Å². The monoisotopic (exact) mass is 562 g/mol. The zero-order valence-electron chi connectivity index (χ0n) is 20.6. The minimum Gasteiger partial charge on any atom is -0.508 e. The van der Waals surface area contributed by atoms with Gasteiger partial charge in [-0.2, -0.15) is 12.6 Å². The van der Waals surface area contributed by atoms with Gasteiger partial charge in [-0.1, -0.05) is 24.3 Å². The molecule has 0 spiro atoms. The lowest BCUT2D eigenvalue weighted by atomic mass is 10.0. The van der Waals surface area contributed by atoms with E-state index in [1.165, 1.54) is 36.4 Å². The Kier molecular flexibility index (Phi) is 11.6. The van der Waals surface area contributed by atoms with Crippen LogP contribution in [0.1, 0.15) is 17.5 Å². The predicted octanol–water partition coefficient (Wildman–Crippen LogP) is -0.846. The molecule has 13 nitrogen and oxygen atoms in total. The Morgan fingerprint density at radius 2 is 1.13 bits per heavy atom. The van der Waals surface area contributed by atoms with Crippen molar-refractivity contribution in [2.24, 2.45) is 5.73 Å². The third-order valence-electron chi connectivity index (χ3n) is 5.55. The fourth-order valence-electron chi connectivity index (χ4n) is 3.45. The van der Waals surface area contributed by atoms with Gasteiger partial charge in [-0.05, 0) is 41.8 Å². The van der Waals surface area contributed by atoms with Gasteiger partial charge >= 0.3 is 11.9 Å². The van der Waals surface area contributed by atoms with Gasteiger partial charge in [0, 0.05) is 12.2 Å². The molecule has 0 aromatic heterocycles. The molecule has 0 aliphatic rings. The third-order valence-corrected chi connectivity index (χ3v) is 5.91. The summed E-state index contributed by atoms with van der Waals surface area (Å²) >= 11 is 3.90. The number of nitrogens with one attached hydrogen (secondary N) is 3. The predicted molar refractivity (Wildman–Crippen MR) is 141 cm³/mol. The first-order valence-electron chi connectivity index (χ1n) is 11.7. The number of phenols is 2. The highest BCUT2D eigenvalue weighted by Crippen LogP contribution is 2.13. The number of carboxylic acids is 2. The highest BCUT2D eigenvalue weighted by Gasteiger charge is 2.31. The summed E-state index contributed by atoms with van der Waals surface area (Å²) in [5.41, 5.74) is 7.02. The van der Waals surface area contributed by atoms with Crippen molar-refractivity contribution < 1.29 is 44.4 Å². The lowest BCUT2D eigenvalue weighted by Gasteiger charge is -2.24. The number of amides is 3. The Labute approximate surface area is 228 Å². The first kappa shape index (κ1) is 30.9. The molecule has 210 valence electrons. The van der Waals surface area contributed by atoms with Crippen LogP contribution in [0.4, 0.5) is 0 Å². The molecule has 0 bridgehead atoms. The van der Waals surface area contributed by atoms with E-state index in [-0.39, 0.29) is 30.1 Å². The molecular formula is C25H30N4O9S. The second-order valence-corrected chi connectivity index (χ2v) is 9.01. The maximum Gasteiger partial charge on any atom is 0.327 e. The Balaban J connectivity index is 2.20. The van der Waals surface area contributed by atoms with Crippen molar-refractivity contribution in [3.63, 3.8) is 0 Å². The Bertz CT molecular complexity index is 1180. The number of hydrogen-bond acceptors (Lipinski definition) is 9. The van der Waals surface area contributed by atoms with Gasteiger partial charge in [0.15, 0.2) is 0 Å². The molecule has 0 radical (unpaired) electrons. The average Bonchev–Trinajstić information content (AvgIpc) is 2.88. The summed E-state index contributed by atoms with van der Waals surface area (Å²) in [6.07, 6.45) is -0.948. The molecule has 3 amide bonds. The molecule has 2 aromatic rings. The maximum absolute atomic E-state index is 13.1. The van der Waals surface area contributed by atoms with E-state index in [1.54, 1.807) is 12.1 Å². The van der Waals surface area contributed by atoms with Crippen molar-refractivity contribution >= 4 is 42.3 Å². The molecule has 9 N–H and O–H groups in total. The molecule has 2 rings (SSSR count). The number of phenolic OH excluding ortho intramolecular Hbond substituents is 2. The number of hydrogen-bond donors (Lipinski definition) is 9. The summed E-state index contributed by atoms with van der Waals surface area (Å²) in [6.45, 7) is 0. The second-order valence-electron chi connectivity index (χ2n) is 8.65. The van der Waals surface area contributed by atoms with Gasteiger partial charge in [0.1, 0.15) is 29.6 Å². The van der Waals surface area contributed by atoms with Crippen molar-refractivity contribution in [2.45, 2.75) is 43.4 Å². The number of nitrogens with two attached hydrogens (primary N) is 1. The van der Waals surface area contributed by atoms with Crippen LogP contribution in [0, 0.1) is 0 Å². The van der Waals surface area contributed by atoms with Crippen molar-refractivity contribution in [1.29, 1.82) is 0 Å². The van der Waals surface area contributed by atoms with Crippen LogP contribution >= 0.6 is 12.6 Å². The number of aromatic hydroxyl groups is 2. The van der Waals surface area contributed by atoms with Gasteiger partial charge in [0.05, 0.1) is 12.5 Å². The quantitative estimate of drug-likeness (QED) is 0.130. The van der Waals surface area contributed by atoms with Crippen LogP contribution in [0.2, 0.25) is 0 Å². The van der Waals surface area contributed by atoms with E-state index in [0.29, 0.717) is 11.1 Å². The fraction of sp³-hybridized carbons (Fsp3) is 0.320. The largest absolute Gasteiger partial charge is 0.508 e. The molecule has 0 heterocycles. The number of rotatable bonds is 14. The Morgan fingerprint density at radius 1 is 0.692 bits per heavy atom. The topological polar surface area (TPSA) is 228 Å². The van der Waals surface area contributed by atoms with E-state index in [4.69, 9.17) is 5.73 Å². The van der Waals surface area contributed by atoms with Gasteiger partial charge in [-0.3, -0.25) is 19.2 Å². The highest BCUT2D eigenvalue weighted by atomic mass is 32.1. The van der Waals surface area contributed by atoms with Gasteiger partial charge in [-0.15, -0.1) is 0 Å². The van der Waals surface area contributed by atoms with Crippen molar-refractivity contribution in [3.05, 3.63) is 59.7 Å². The summed E-state index contributed by atoms with van der Waals surface area (Å²) in [4.78, 5) is 61.4. The van der Waals surface area contributed by atoms with E-state index >= 15 is 0 Å². The molecular weight excluding hydrogens is 532 g/mol. The molecule has 0 aliphatic carbocycles. The summed E-state index contributed by atoms with van der Waals surface area (Å²) in [5, 5.41) is 44.4. The molecule has 0 aliphatic heterocycles. The number of aliphatic carboxylic acids is 2. The first-order chi connectivity index (χ1) is 18.4. The smallest absolute Gasteiger partial charge is 0.327 e. The zero-order valence-corrected chi connectivity index (χ0v) is 21.5. The van der Waals surface area contributed by atoms with Crippen molar-refractivity contribution in [3.8, 4) is 11.5 Å². The lowest BCUT2D eigenvalue weighted by Crippen LogP contribution is -2.58. The van der Waals surface area contributed by atoms with Gasteiger partial charge in [0.25, 0.3) is 0 Å². The number of carbonyl (C=O) groups excluding carboxylic acids is 3. The van der Waals surface area contributed by atoms with Gasteiger partial charge in [0.2, 0.25) is 17.7 Å². The van der Waals surface area contributed by atoms with Crippen LogP contribution in [-0.4, -0.2) is 80.0 Å². The van der Waals surface area contributed by atoms with Crippen LogP contribution in [0.3, 0.4) is 0 Å². The van der Waals surface area contributed by atoms with Gasteiger partial charge in [-0.25, -0.2) is 4.79 Å². The fourth-order valence-corrected chi connectivity index (χ4v) is 3.70. The average molecular weight is 563 g/mol. The van der Waals surface area contributed by atoms with Crippen LogP contribution < -0.4 is 21.7 Å². The number of carbonyl (C=O) groups is 5. The van der Waals surface area contributed by atoms with E-state index in [9.17, 15) is 44.4 Å². The number of carboxylic acid groups (broad SMARTS) is 2. The first-order valence-corrected chi connectivity index (χ1v) is 12.3. The number of benzene rings is 2. The minimum absolute atomic E-state index is 0.0184. The summed E-state index contributed by atoms with van der Waals surface area (Å²) in [6, 6.07) is 6.04. The molecule has 0 saturated heterocycles. The Morgan fingerprint density at radius 3 is 1.59 bits per heavy atom. The summed E-state index contributed by atoms with van der Waals surface area (Å²) in [7, 11) is 0. The zero-order chi connectivity index (χ0) is 29.1. The van der Waals surface area contributed by atoms with Crippen molar-refractivity contribution in [2.75, 3.05) is 5.75 Å². The van der Waals surface area contributed by atoms with Crippen LogP contribution in [0.15, 0.2) is 48.5 Å². The molecule has 4 atom stereocenters.